The van der Waals surface area contributed by atoms with Crippen molar-refractivity contribution in [3.05, 3.63) is 0 Å². The Kier molecular flexibility index (Phi) is 4.14. The molecule has 0 aromatic rings. The molecule has 0 saturated heterocycles. The smallest absolute Gasteiger partial charge is 0.323 e. The maximum absolute atomic E-state index is 11.5. The molecule has 0 radical (unpaired) electrons. The molecule has 0 aliphatic heterocycles. The molecule has 0 spiro atoms. The Hall–Kier alpha value is -0.570. The van der Waals surface area contributed by atoms with Crippen LogP contribution in [-0.4, -0.2) is 17.6 Å². The van der Waals surface area contributed by atoms with Gasteiger partial charge in [0.15, 0.2) is 0 Å². The van der Waals surface area contributed by atoms with Crippen LogP contribution in [0.1, 0.15) is 52.9 Å². The number of ether oxygens (including phenoxy) is 1. The van der Waals surface area contributed by atoms with E-state index >= 15 is 0 Å². The normalized spacial score (nSPS) is 19.5. The molecule has 3 heteroatoms. The maximum Gasteiger partial charge on any atom is 0.323 e. The molecule has 2 N–H and O–H groups in total. The molecule has 0 aromatic heterocycles. The Bertz CT molecular complexity index is 216. The van der Waals surface area contributed by atoms with Gasteiger partial charge in [0.2, 0.25) is 0 Å². The molecule has 15 heavy (non-hydrogen) atoms. The lowest BCUT2D eigenvalue weighted by molar-refractivity contribution is -0.156. The molecule has 1 saturated carbocycles. The van der Waals surface area contributed by atoms with Gasteiger partial charge in [0.25, 0.3) is 0 Å². The number of hydrogen-bond donors (Lipinski definition) is 1. The van der Waals surface area contributed by atoms with E-state index in [4.69, 9.17) is 10.5 Å². The van der Waals surface area contributed by atoms with Crippen molar-refractivity contribution in [1.82, 2.24) is 0 Å². The standard InChI is InChI=1S/C12H23NO2/c1-12(2,3)15-11(14)10(13)8-7-9-5-4-6-9/h9-10H,4-8,13H2,1-3H3. The van der Waals surface area contributed by atoms with Crippen molar-refractivity contribution in [2.75, 3.05) is 0 Å². The average molecular weight is 213 g/mol. The first kappa shape index (κ1) is 12.5. The zero-order valence-electron chi connectivity index (χ0n) is 10.1. The molecule has 1 aliphatic carbocycles. The Balaban J connectivity index is 2.20. The van der Waals surface area contributed by atoms with Crippen molar-refractivity contribution in [2.45, 2.75) is 64.5 Å². The molecule has 88 valence electrons. The molecular formula is C12H23NO2. The molecule has 1 fully saturated rings. The van der Waals surface area contributed by atoms with Crippen molar-refractivity contribution in [3.63, 3.8) is 0 Å². The molecule has 0 aromatic carbocycles. The highest BCUT2D eigenvalue weighted by Gasteiger charge is 2.24. The van der Waals surface area contributed by atoms with Crippen LogP contribution in [-0.2, 0) is 9.53 Å². The van der Waals surface area contributed by atoms with Crippen LogP contribution in [0.4, 0.5) is 0 Å². The predicted octanol–water partition coefficient (Wildman–Crippen LogP) is 2.24. The lowest BCUT2D eigenvalue weighted by Gasteiger charge is -2.27. The van der Waals surface area contributed by atoms with E-state index in [0.29, 0.717) is 0 Å². The van der Waals surface area contributed by atoms with Crippen molar-refractivity contribution in [2.24, 2.45) is 11.7 Å². The van der Waals surface area contributed by atoms with E-state index in [-0.39, 0.29) is 5.97 Å². The lowest BCUT2D eigenvalue weighted by atomic mass is 9.81. The van der Waals surface area contributed by atoms with Gasteiger partial charge >= 0.3 is 5.97 Å². The number of hydrogen-bond acceptors (Lipinski definition) is 3. The van der Waals surface area contributed by atoms with Crippen molar-refractivity contribution in [3.8, 4) is 0 Å². The first-order chi connectivity index (χ1) is 6.88. The molecular weight excluding hydrogens is 190 g/mol. The Morgan fingerprint density at radius 1 is 1.47 bits per heavy atom. The van der Waals surface area contributed by atoms with Gasteiger partial charge in [0, 0.05) is 0 Å². The molecule has 0 heterocycles. The summed E-state index contributed by atoms with van der Waals surface area (Å²) in [7, 11) is 0. The molecule has 0 bridgehead atoms. The topological polar surface area (TPSA) is 52.3 Å². The van der Waals surface area contributed by atoms with Crippen molar-refractivity contribution in [1.29, 1.82) is 0 Å². The van der Waals surface area contributed by atoms with Crippen LogP contribution in [0.3, 0.4) is 0 Å². The third-order valence-corrected chi connectivity index (χ3v) is 2.82. The zero-order chi connectivity index (χ0) is 11.5. The fraction of sp³-hybridized carbons (Fsp3) is 0.917. The summed E-state index contributed by atoms with van der Waals surface area (Å²) in [5.74, 6) is 0.542. The quantitative estimate of drug-likeness (QED) is 0.729. The molecule has 3 nitrogen and oxygen atoms in total. The van der Waals surface area contributed by atoms with E-state index < -0.39 is 11.6 Å². The van der Waals surface area contributed by atoms with Gasteiger partial charge in [0.05, 0.1) is 0 Å². The van der Waals surface area contributed by atoms with Gasteiger partial charge in [-0.3, -0.25) is 4.79 Å². The van der Waals surface area contributed by atoms with Gasteiger partial charge in [-0.1, -0.05) is 19.3 Å². The highest BCUT2D eigenvalue weighted by Crippen LogP contribution is 2.30. The highest BCUT2D eigenvalue weighted by molar-refractivity contribution is 5.75. The summed E-state index contributed by atoms with van der Waals surface area (Å²) in [4.78, 5) is 11.5. The second-order valence-corrected chi connectivity index (χ2v) is 5.51. The Labute approximate surface area is 92.4 Å². The van der Waals surface area contributed by atoms with Crippen LogP contribution in [0.2, 0.25) is 0 Å². The zero-order valence-corrected chi connectivity index (χ0v) is 10.1. The minimum absolute atomic E-state index is 0.262. The summed E-state index contributed by atoms with van der Waals surface area (Å²) in [6, 6.07) is -0.440. The third-order valence-electron chi connectivity index (χ3n) is 2.82. The van der Waals surface area contributed by atoms with Gasteiger partial charge in [0.1, 0.15) is 11.6 Å². The van der Waals surface area contributed by atoms with E-state index in [0.717, 1.165) is 18.8 Å². The summed E-state index contributed by atoms with van der Waals surface area (Å²) < 4.78 is 5.22. The number of esters is 1. The molecule has 1 aliphatic rings. The second-order valence-electron chi connectivity index (χ2n) is 5.51. The molecule has 1 rings (SSSR count). The Morgan fingerprint density at radius 3 is 2.47 bits per heavy atom. The van der Waals surface area contributed by atoms with Crippen LogP contribution < -0.4 is 5.73 Å². The lowest BCUT2D eigenvalue weighted by Crippen LogP contribution is -2.37. The molecule has 1 unspecified atom stereocenters. The molecule has 0 amide bonds. The minimum Gasteiger partial charge on any atom is -0.459 e. The van der Waals surface area contributed by atoms with Crippen LogP contribution in [0.15, 0.2) is 0 Å². The van der Waals surface area contributed by atoms with Crippen LogP contribution in [0, 0.1) is 5.92 Å². The number of nitrogens with two attached hydrogens (primary N) is 1. The van der Waals surface area contributed by atoms with E-state index in [2.05, 4.69) is 0 Å². The Morgan fingerprint density at radius 2 is 2.07 bits per heavy atom. The van der Waals surface area contributed by atoms with Gasteiger partial charge < -0.3 is 10.5 Å². The van der Waals surface area contributed by atoms with E-state index in [1.165, 1.54) is 19.3 Å². The summed E-state index contributed by atoms with van der Waals surface area (Å²) in [5.41, 5.74) is 5.35. The summed E-state index contributed by atoms with van der Waals surface area (Å²) >= 11 is 0. The summed E-state index contributed by atoms with van der Waals surface area (Å²) in [6.45, 7) is 5.59. The summed E-state index contributed by atoms with van der Waals surface area (Å²) in [5, 5.41) is 0. The third kappa shape index (κ3) is 4.65. The van der Waals surface area contributed by atoms with E-state index in [9.17, 15) is 4.79 Å². The van der Waals surface area contributed by atoms with Crippen LogP contribution >= 0.6 is 0 Å². The summed E-state index contributed by atoms with van der Waals surface area (Å²) in [6.07, 6.45) is 5.79. The number of rotatable bonds is 4. The first-order valence-electron chi connectivity index (χ1n) is 5.87. The second kappa shape index (κ2) is 4.97. The van der Waals surface area contributed by atoms with Crippen molar-refractivity contribution < 1.29 is 9.53 Å². The largest absolute Gasteiger partial charge is 0.459 e. The maximum atomic E-state index is 11.5. The fourth-order valence-corrected chi connectivity index (χ4v) is 1.69. The van der Waals surface area contributed by atoms with E-state index in [1.54, 1.807) is 0 Å². The van der Waals surface area contributed by atoms with Gasteiger partial charge in [-0.05, 0) is 39.5 Å². The van der Waals surface area contributed by atoms with Crippen LogP contribution in [0.5, 0.6) is 0 Å². The van der Waals surface area contributed by atoms with Gasteiger partial charge in [-0.2, -0.15) is 0 Å². The first-order valence-corrected chi connectivity index (χ1v) is 5.87. The monoisotopic (exact) mass is 213 g/mol. The highest BCUT2D eigenvalue weighted by atomic mass is 16.6. The average Bonchev–Trinajstić information content (AvgIpc) is 1.97. The number of carbonyl (C=O) groups is 1. The van der Waals surface area contributed by atoms with Gasteiger partial charge in [-0.25, -0.2) is 0 Å². The minimum atomic E-state index is -0.440. The molecule has 1 atom stereocenters. The van der Waals surface area contributed by atoms with E-state index in [1.807, 2.05) is 20.8 Å². The van der Waals surface area contributed by atoms with Crippen molar-refractivity contribution >= 4 is 5.97 Å². The number of carbonyl (C=O) groups excluding carboxylic acids is 1. The fourth-order valence-electron chi connectivity index (χ4n) is 1.69. The predicted molar refractivity (Wildman–Crippen MR) is 60.4 cm³/mol. The van der Waals surface area contributed by atoms with Gasteiger partial charge in [-0.15, -0.1) is 0 Å². The van der Waals surface area contributed by atoms with Crippen LogP contribution in [0.25, 0.3) is 0 Å². The SMILES string of the molecule is CC(C)(C)OC(=O)C(N)CCC1CCC1.